The fraction of sp³-hybridized carbons (Fsp3) is 0.333. The van der Waals surface area contributed by atoms with E-state index >= 15 is 0 Å². The fourth-order valence-electron chi connectivity index (χ4n) is 1.46. The van der Waals surface area contributed by atoms with Crippen molar-refractivity contribution >= 4 is 29.2 Å². The highest BCUT2D eigenvalue weighted by Crippen LogP contribution is 2.17. The molecular weight excluding hydrogens is 232 g/mol. The zero-order valence-electron chi connectivity index (χ0n) is 8.48. The van der Waals surface area contributed by atoms with Crippen molar-refractivity contribution in [1.29, 1.82) is 0 Å². The minimum absolute atomic E-state index is 0.0714. The zero-order valence-corrected chi connectivity index (χ0v) is 9.23. The molecule has 1 saturated heterocycles. The predicted molar refractivity (Wildman–Crippen MR) is 57.0 cm³/mol. The number of hydrogen-bond donors (Lipinski definition) is 1. The summed E-state index contributed by atoms with van der Waals surface area (Å²) in [5.74, 6) is -0.286. The van der Waals surface area contributed by atoms with Crippen molar-refractivity contribution in [3.05, 3.63) is 17.5 Å². The SMILES string of the molecule is CC1C(=O)NC(=O)CN1c1cncc(Cl)n1. The Balaban J connectivity index is 2.32. The lowest BCUT2D eigenvalue weighted by atomic mass is 10.2. The molecule has 0 aliphatic carbocycles. The molecule has 0 bridgehead atoms. The van der Waals surface area contributed by atoms with Crippen LogP contribution >= 0.6 is 11.6 Å². The Kier molecular flexibility index (Phi) is 2.74. The Morgan fingerprint density at radius 3 is 2.94 bits per heavy atom. The van der Waals surface area contributed by atoms with Crippen LogP contribution in [0.4, 0.5) is 5.82 Å². The van der Waals surface area contributed by atoms with Gasteiger partial charge in [-0.05, 0) is 6.92 Å². The molecule has 0 radical (unpaired) electrons. The third-order valence-corrected chi connectivity index (χ3v) is 2.49. The number of anilines is 1. The van der Waals surface area contributed by atoms with Crippen LogP contribution in [0.5, 0.6) is 0 Å². The van der Waals surface area contributed by atoms with Gasteiger partial charge in [0.2, 0.25) is 11.8 Å². The molecule has 1 N–H and O–H groups in total. The van der Waals surface area contributed by atoms with E-state index in [1.54, 1.807) is 11.8 Å². The summed E-state index contributed by atoms with van der Waals surface area (Å²) in [4.78, 5) is 32.1. The number of nitrogens with one attached hydrogen (secondary N) is 1. The number of imide groups is 1. The molecule has 16 heavy (non-hydrogen) atoms. The number of halogens is 1. The molecule has 2 heterocycles. The van der Waals surface area contributed by atoms with Crippen LogP contribution in [-0.2, 0) is 9.59 Å². The Morgan fingerprint density at radius 2 is 2.25 bits per heavy atom. The third-order valence-electron chi connectivity index (χ3n) is 2.31. The van der Waals surface area contributed by atoms with Gasteiger partial charge in [-0.3, -0.25) is 19.9 Å². The standard InChI is InChI=1S/C9H9ClN4O2/c1-5-9(16)13-8(15)4-14(5)7-3-11-2-6(10)12-7/h2-3,5H,4H2,1H3,(H,13,15,16). The van der Waals surface area contributed by atoms with Gasteiger partial charge in [0.15, 0.2) is 0 Å². The summed E-state index contributed by atoms with van der Waals surface area (Å²) < 4.78 is 0. The number of piperazine rings is 1. The average molecular weight is 241 g/mol. The molecule has 7 heteroatoms. The van der Waals surface area contributed by atoms with Crippen LogP contribution in [0.3, 0.4) is 0 Å². The molecule has 2 amide bonds. The molecule has 6 nitrogen and oxygen atoms in total. The van der Waals surface area contributed by atoms with Crippen molar-refractivity contribution in [1.82, 2.24) is 15.3 Å². The van der Waals surface area contributed by atoms with Gasteiger partial charge in [-0.2, -0.15) is 0 Å². The maximum absolute atomic E-state index is 11.4. The van der Waals surface area contributed by atoms with Gasteiger partial charge in [-0.15, -0.1) is 0 Å². The average Bonchev–Trinajstić information content (AvgIpc) is 2.23. The van der Waals surface area contributed by atoms with E-state index in [0.717, 1.165) is 0 Å². The highest BCUT2D eigenvalue weighted by atomic mass is 35.5. The first-order chi connectivity index (χ1) is 7.58. The van der Waals surface area contributed by atoms with Crippen molar-refractivity contribution in [3.63, 3.8) is 0 Å². The molecule has 0 spiro atoms. The summed E-state index contributed by atoms with van der Waals surface area (Å²) in [5, 5.41) is 2.47. The molecule has 1 aliphatic heterocycles. The molecule has 0 aromatic carbocycles. The maximum atomic E-state index is 11.4. The normalized spacial score (nSPS) is 20.9. The molecule has 84 valence electrons. The van der Waals surface area contributed by atoms with Crippen molar-refractivity contribution in [2.24, 2.45) is 0 Å². The van der Waals surface area contributed by atoms with Gasteiger partial charge in [0, 0.05) is 0 Å². The molecular formula is C9H9ClN4O2. The summed E-state index contributed by atoms with van der Waals surface area (Å²) >= 11 is 5.70. The smallest absolute Gasteiger partial charge is 0.249 e. The van der Waals surface area contributed by atoms with Crippen molar-refractivity contribution in [2.75, 3.05) is 11.4 Å². The van der Waals surface area contributed by atoms with Crippen LogP contribution in [0, 0.1) is 0 Å². The van der Waals surface area contributed by atoms with Gasteiger partial charge in [0.25, 0.3) is 0 Å². The number of nitrogens with zero attached hydrogens (tertiary/aromatic N) is 3. The molecule has 2 rings (SSSR count). The fourth-order valence-corrected chi connectivity index (χ4v) is 1.61. The van der Waals surface area contributed by atoms with Gasteiger partial charge in [0.05, 0.1) is 18.9 Å². The number of carbonyl (C=O) groups is 2. The van der Waals surface area contributed by atoms with E-state index in [1.807, 2.05) is 0 Å². The van der Waals surface area contributed by atoms with Crippen molar-refractivity contribution in [3.8, 4) is 0 Å². The van der Waals surface area contributed by atoms with Crippen LogP contribution in [0.1, 0.15) is 6.92 Å². The van der Waals surface area contributed by atoms with Gasteiger partial charge in [0.1, 0.15) is 17.0 Å². The Bertz CT molecular complexity index is 451. The van der Waals surface area contributed by atoms with Crippen molar-refractivity contribution < 1.29 is 9.59 Å². The lowest BCUT2D eigenvalue weighted by Crippen LogP contribution is -2.57. The summed E-state index contributed by atoms with van der Waals surface area (Å²) in [6.45, 7) is 1.76. The monoisotopic (exact) mass is 240 g/mol. The van der Waals surface area contributed by atoms with E-state index in [-0.39, 0.29) is 23.5 Å². The van der Waals surface area contributed by atoms with Gasteiger partial charge in [-0.25, -0.2) is 4.98 Å². The number of hydrogen-bond acceptors (Lipinski definition) is 5. The first-order valence-electron chi connectivity index (χ1n) is 4.66. The Morgan fingerprint density at radius 1 is 1.50 bits per heavy atom. The van der Waals surface area contributed by atoms with Crippen molar-refractivity contribution in [2.45, 2.75) is 13.0 Å². The highest BCUT2D eigenvalue weighted by Gasteiger charge is 2.31. The topological polar surface area (TPSA) is 75.2 Å². The number of aromatic nitrogens is 2. The third kappa shape index (κ3) is 1.96. The zero-order chi connectivity index (χ0) is 11.7. The maximum Gasteiger partial charge on any atom is 0.249 e. The first-order valence-corrected chi connectivity index (χ1v) is 5.03. The largest absolute Gasteiger partial charge is 0.334 e. The molecule has 1 fully saturated rings. The van der Waals surface area contributed by atoms with Crippen LogP contribution < -0.4 is 10.2 Å². The summed E-state index contributed by atoms with van der Waals surface area (Å²) in [5.41, 5.74) is 0. The molecule has 1 aromatic rings. The minimum atomic E-state index is -0.467. The number of carbonyl (C=O) groups excluding carboxylic acids is 2. The molecule has 1 unspecified atom stereocenters. The highest BCUT2D eigenvalue weighted by molar-refractivity contribution is 6.29. The lowest BCUT2D eigenvalue weighted by molar-refractivity contribution is -0.132. The summed E-state index contributed by atoms with van der Waals surface area (Å²) in [7, 11) is 0. The van der Waals surface area contributed by atoms with E-state index in [4.69, 9.17) is 11.6 Å². The second-order valence-corrected chi connectivity index (χ2v) is 3.80. The minimum Gasteiger partial charge on any atom is -0.334 e. The van der Waals surface area contributed by atoms with Gasteiger partial charge in [-0.1, -0.05) is 11.6 Å². The van der Waals surface area contributed by atoms with Crippen LogP contribution in [0.15, 0.2) is 12.4 Å². The Labute approximate surface area is 96.6 Å². The molecule has 1 atom stereocenters. The second kappa shape index (κ2) is 4.05. The molecule has 0 saturated carbocycles. The van der Waals surface area contributed by atoms with E-state index in [9.17, 15) is 9.59 Å². The van der Waals surface area contributed by atoms with Crippen LogP contribution in [0.2, 0.25) is 5.15 Å². The Hall–Kier alpha value is -1.69. The van der Waals surface area contributed by atoms with Crippen LogP contribution in [0.25, 0.3) is 0 Å². The first kappa shape index (κ1) is 10.8. The van der Waals surface area contributed by atoms with E-state index < -0.39 is 6.04 Å². The quantitative estimate of drug-likeness (QED) is 0.699. The van der Waals surface area contributed by atoms with E-state index in [2.05, 4.69) is 15.3 Å². The predicted octanol–water partition coefficient (Wildman–Crippen LogP) is -0.0187. The number of amides is 2. The van der Waals surface area contributed by atoms with E-state index in [0.29, 0.717) is 5.82 Å². The van der Waals surface area contributed by atoms with E-state index in [1.165, 1.54) is 12.4 Å². The lowest BCUT2D eigenvalue weighted by Gasteiger charge is -2.32. The second-order valence-electron chi connectivity index (χ2n) is 3.42. The molecule has 1 aliphatic rings. The van der Waals surface area contributed by atoms with Gasteiger partial charge >= 0.3 is 0 Å². The van der Waals surface area contributed by atoms with Gasteiger partial charge < -0.3 is 4.90 Å². The number of rotatable bonds is 1. The summed E-state index contributed by atoms with van der Waals surface area (Å²) in [6, 6.07) is -0.467. The molecule has 1 aromatic heterocycles. The summed E-state index contributed by atoms with van der Waals surface area (Å²) in [6.07, 6.45) is 2.86. The van der Waals surface area contributed by atoms with Crippen LogP contribution in [-0.4, -0.2) is 34.4 Å².